The van der Waals surface area contributed by atoms with E-state index in [-0.39, 0.29) is 18.1 Å². The molecule has 6 nitrogen and oxygen atoms in total. The van der Waals surface area contributed by atoms with Crippen LogP contribution in [0.3, 0.4) is 0 Å². The van der Waals surface area contributed by atoms with Gasteiger partial charge in [0.25, 0.3) is 5.91 Å². The predicted molar refractivity (Wildman–Crippen MR) is 86.7 cm³/mol. The van der Waals surface area contributed by atoms with Crippen molar-refractivity contribution in [2.75, 3.05) is 32.8 Å². The summed E-state index contributed by atoms with van der Waals surface area (Å²) in [6.07, 6.45) is -0.312. The molecule has 6 heteroatoms. The maximum Gasteiger partial charge on any atom is 0.409 e. The van der Waals surface area contributed by atoms with Crippen LogP contribution in [0.4, 0.5) is 4.79 Å². The molecule has 1 aliphatic rings. The zero-order chi connectivity index (χ0) is 16.8. The lowest BCUT2D eigenvalue weighted by atomic mass is 10.1. The summed E-state index contributed by atoms with van der Waals surface area (Å²) in [6, 6.07) is 7.27. The van der Waals surface area contributed by atoms with Gasteiger partial charge in [-0.15, -0.1) is 0 Å². The second-order valence-electron chi connectivity index (χ2n) is 5.64. The van der Waals surface area contributed by atoms with Crippen molar-refractivity contribution < 1.29 is 19.1 Å². The molecule has 0 radical (unpaired) electrons. The monoisotopic (exact) mass is 320 g/mol. The van der Waals surface area contributed by atoms with E-state index in [1.807, 2.05) is 32.0 Å². The van der Waals surface area contributed by atoms with Crippen LogP contribution in [0.15, 0.2) is 24.3 Å². The van der Waals surface area contributed by atoms with E-state index in [4.69, 9.17) is 9.47 Å². The first kappa shape index (κ1) is 17.1. The fourth-order valence-corrected chi connectivity index (χ4v) is 2.48. The van der Waals surface area contributed by atoms with Crippen molar-refractivity contribution in [3.63, 3.8) is 0 Å². The number of hydrogen-bond acceptors (Lipinski definition) is 4. The Morgan fingerprint density at radius 3 is 2.30 bits per heavy atom. The summed E-state index contributed by atoms with van der Waals surface area (Å²) in [4.78, 5) is 27.8. The normalized spacial score (nSPS) is 14.8. The van der Waals surface area contributed by atoms with Crippen LogP contribution in [-0.4, -0.2) is 60.7 Å². The van der Waals surface area contributed by atoms with E-state index in [0.29, 0.717) is 44.1 Å². The largest absolute Gasteiger partial charge is 0.490 e. The molecule has 1 aromatic carbocycles. The van der Waals surface area contributed by atoms with Gasteiger partial charge in [-0.25, -0.2) is 4.79 Å². The minimum absolute atomic E-state index is 0.00427. The topological polar surface area (TPSA) is 59.1 Å². The lowest BCUT2D eigenvalue weighted by molar-refractivity contribution is 0.0566. The van der Waals surface area contributed by atoms with Gasteiger partial charge in [0, 0.05) is 26.2 Å². The highest BCUT2D eigenvalue weighted by Crippen LogP contribution is 2.22. The van der Waals surface area contributed by atoms with E-state index < -0.39 is 0 Å². The molecule has 0 saturated carbocycles. The van der Waals surface area contributed by atoms with E-state index in [9.17, 15) is 9.59 Å². The van der Waals surface area contributed by atoms with Crippen molar-refractivity contribution in [2.24, 2.45) is 0 Å². The van der Waals surface area contributed by atoms with E-state index in [1.54, 1.807) is 22.8 Å². The molecular weight excluding hydrogens is 296 g/mol. The van der Waals surface area contributed by atoms with Gasteiger partial charge >= 0.3 is 6.09 Å². The van der Waals surface area contributed by atoms with Gasteiger partial charge in [-0.05, 0) is 32.9 Å². The van der Waals surface area contributed by atoms with E-state index >= 15 is 0 Å². The van der Waals surface area contributed by atoms with Crippen molar-refractivity contribution in [1.82, 2.24) is 9.80 Å². The molecule has 1 aromatic rings. The number of hydrogen-bond donors (Lipinski definition) is 0. The fraction of sp³-hybridized carbons (Fsp3) is 0.529. The number of carbonyl (C=O) groups is 2. The smallest absolute Gasteiger partial charge is 0.409 e. The molecule has 0 aliphatic carbocycles. The minimum Gasteiger partial charge on any atom is -0.490 e. The van der Waals surface area contributed by atoms with Crippen molar-refractivity contribution in [3.8, 4) is 5.75 Å². The number of ether oxygens (including phenoxy) is 2. The molecule has 0 N–H and O–H groups in total. The Bertz CT molecular complexity index is 551. The number of rotatable bonds is 4. The standard InChI is InChI=1S/C17H24N2O4/c1-4-22-17(21)19-11-9-18(10-12-19)16(20)14-7-5-6-8-15(14)23-13(2)3/h5-8,13H,4,9-12H2,1-3H3. The maximum absolute atomic E-state index is 12.7. The van der Waals surface area contributed by atoms with Crippen LogP contribution in [0, 0.1) is 0 Å². The van der Waals surface area contributed by atoms with Crippen LogP contribution in [0.25, 0.3) is 0 Å². The Balaban J connectivity index is 2.01. The van der Waals surface area contributed by atoms with Crippen LogP contribution in [0.1, 0.15) is 31.1 Å². The summed E-state index contributed by atoms with van der Waals surface area (Å²) >= 11 is 0. The molecule has 1 saturated heterocycles. The Kier molecular flexibility index (Phi) is 5.84. The number of para-hydroxylation sites is 1. The zero-order valence-electron chi connectivity index (χ0n) is 13.9. The van der Waals surface area contributed by atoms with Crippen molar-refractivity contribution in [2.45, 2.75) is 26.9 Å². The second-order valence-corrected chi connectivity index (χ2v) is 5.64. The van der Waals surface area contributed by atoms with E-state index in [2.05, 4.69) is 0 Å². The lowest BCUT2D eigenvalue weighted by Gasteiger charge is -2.34. The molecule has 0 atom stereocenters. The summed E-state index contributed by atoms with van der Waals surface area (Å²) in [5, 5.41) is 0. The summed E-state index contributed by atoms with van der Waals surface area (Å²) < 4.78 is 10.7. The summed E-state index contributed by atoms with van der Waals surface area (Å²) in [5.41, 5.74) is 0.561. The SMILES string of the molecule is CCOC(=O)N1CCN(C(=O)c2ccccc2OC(C)C)CC1. The van der Waals surface area contributed by atoms with Gasteiger partial charge in [0.2, 0.25) is 0 Å². The fourth-order valence-electron chi connectivity index (χ4n) is 2.48. The minimum atomic E-state index is -0.317. The van der Waals surface area contributed by atoms with Gasteiger partial charge in [0.1, 0.15) is 5.75 Å². The molecule has 0 bridgehead atoms. The molecule has 0 unspecified atom stereocenters. The average molecular weight is 320 g/mol. The molecule has 2 amide bonds. The molecule has 1 heterocycles. The predicted octanol–water partition coefficient (Wildman–Crippen LogP) is 2.39. The van der Waals surface area contributed by atoms with Gasteiger partial charge in [-0.3, -0.25) is 4.79 Å². The molecule has 0 spiro atoms. The quantitative estimate of drug-likeness (QED) is 0.855. The molecule has 1 aliphatic heterocycles. The first-order valence-corrected chi connectivity index (χ1v) is 7.99. The van der Waals surface area contributed by atoms with Crippen molar-refractivity contribution in [1.29, 1.82) is 0 Å². The van der Waals surface area contributed by atoms with E-state index in [0.717, 1.165) is 0 Å². The highest BCUT2D eigenvalue weighted by atomic mass is 16.6. The first-order valence-electron chi connectivity index (χ1n) is 7.99. The average Bonchev–Trinajstić information content (AvgIpc) is 2.54. The number of amides is 2. The van der Waals surface area contributed by atoms with Crippen molar-refractivity contribution >= 4 is 12.0 Å². The van der Waals surface area contributed by atoms with Gasteiger partial charge in [-0.1, -0.05) is 12.1 Å². The van der Waals surface area contributed by atoms with E-state index in [1.165, 1.54) is 0 Å². The summed E-state index contributed by atoms with van der Waals surface area (Å²) in [5.74, 6) is 0.532. The second kappa shape index (κ2) is 7.85. The number of nitrogens with zero attached hydrogens (tertiary/aromatic N) is 2. The van der Waals surface area contributed by atoms with Crippen LogP contribution in [0.2, 0.25) is 0 Å². The number of benzene rings is 1. The van der Waals surface area contributed by atoms with Crippen LogP contribution < -0.4 is 4.74 Å². The van der Waals surface area contributed by atoms with Crippen LogP contribution in [-0.2, 0) is 4.74 Å². The third kappa shape index (κ3) is 4.37. The molecule has 23 heavy (non-hydrogen) atoms. The van der Waals surface area contributed by atoms with Gasteiger partial charge in [0.05, 0.1) is 18.3 Å². The molecule has 1 fully saturated rings. The van der Waals surface area contributed by atoms with Gasteiger partial charge in [0.15, 0.2) is 0 Å². The molecule has 2 rings (SSSR count). The van der Waals surface area contributed by atoms with Crippen LogP contribution >= 0.6 is 0 Å². The van der Waals surface area contributed by atoms with Gasteiger partial charge < -0.3 is 19.3 Å². The lowest BCUT2D eigenvalue weighted by Crippen LogP contribution is -2.50. The zero-order valence-corrected chi connectivity index (χ0v) is 13.9. The summed E-state index contributed by atoms with van der Waals surface area (Å²) in [7, 11) is 0. The molecule has 126 valence electrons. The molecular formula is C17H24N2O4. The van der Waals surface area contributed by atoms with Crippen molar-refractivity contribution in [3.05, 3.63) is 29.8 Å². The first-order chi connectivity index (χ1) is 11.0. The van der Waals surface area contributed by atoms with Gasteiger partial charge in [-0.2, -0.15) is 0 Å². The Morgan fingerprint density at radius 2 is 1.70 bits per heavy atom. The number of carbonyl (C=O) groups excluding carboxylic acids is 2. The third-order valence-electron chi connectivity index (χ3n) is 3.57. The highest BCUT2D eigenvalue weighted by molar-refractivity contribution is 5.97. The van der Waals surface area contributed by atoms with Crippen LogP contribution in [0.5, 0.6) is 5.75 Å². The summed E-state index contributed by atoms with van der Waals surface area (Å²) in [6.45, 7) is 7.96. The Labute approximate surface area is 137 Å². The third-order valence-corrected chi connectivity index (χ3v) is 3.57. The Morgan fingerprint density at radius 1 is 1.09 bits per heavy atom. The Hall–Kier alpha value is -2.24. The molecule has 0 aromatic heterocycles. The highest BCUT2D eigenvalue weighted by Gasteiger charge is 2.27. The number of piperazine rings is 1. The maximum atomic E-state index is 12.7.